The van der Waals surface area contributed by atoms with E-state index in [1.807, 2.05) is 20.8 Å². The summed E-state index contributed by atoms with van der Waals surface area (Å²) in [5.74, 6) is -0.402. The molecule has 90 valence electrons. The number of pyridine rings is 1. The number of nitrogen functional groups attached to an aromatic ring is 1. The number of halogens is 2. The minimum absolute atomic E-state index is 0.138. The molecule has 0 amide bonds. The van der Waals surface area contributed by atoms with Gasteiger partial charge in [0.25, 0.3) is 0 Å². The lowest BCUT2D eigenvalue weighted by molar-refractivity contribution is 0.571. The van der Waals surface area contributed by atoms with Crippen LogP contribution in [0.1, 0.15) is 26.5 Å². The molecule has 0 aliphatic carbocycles. The summed E-state index contributed by atoms with van der Waals surface area (Å²) in [7, 11) is 0. The summed E-state index contributed by atoms with van der Waals surface area (Å²) in [6.07, 6.45) is 0. The first-order valence-corrected chi connectivity index (χ1v) is 5.72. The third kappa shape index (κ3) is 2.20. The average Bonchev–Trinajstić information content (AvgIpc) is 2.13. The Morgan fingerprint density at radius 1 is 1.24 bits per heavy atom. The molecular weight excluding hydrogens is 239 g/mol. The van der Waals surface area contributed by atoms with Crippen LogP contribution in [-0.4, -0.2) is 4.98 Å². The third-order valence-electron chi connectivity index (χ3n) is 2.62. The molecule has 2 N–H and O–H groups in total. The molecule has 2 aromatic rings. The van der Waals surface area contributed by atoms with Gasteiger partial charge in [-0.1, -0.05) is 32.4 Å². The standard InChI is InChI=1S/C13H14ClFN2/c1-13(2,3)11-6-9(16)12-8(14)4-7(15)5-10(12)17-11/h4-6H,1-3H3,(H2,16,17). The molecule has 0 unspecified atom stereocenters. The number of nitrogens with zero attached hydrogens (tertiary/aromatic N) is 1. The van der Waals surface area contributed by atoms with Gasteiger partial charge in [-0.25, -0.2) is 4.39 Å². The van der Waals surface area contributed by atoms with Crippen molar-refractivity contribution in [2.45, 2.75) is 26.2 Å². The number of fused-ring (bicyclic) bond motifs is 1. The van der Waals surface area contributed by atoms with E-state index in [2.05, 4.69) is 4.98 Å². The second-order valence-corrected chi connectivity index (χ2v) is 5.54. The van der Waals surface area contributed by atoms with Crippen LogP contribution in [0.15, 0.2) is 18.2 Å². The highest BCUT2D eigenvalue weighted by molar-refractivity contribution is 6.36. The maximum atomic E-state index is 13.3. The quantitative estimate of drug-likeness (QED) is 0.772. The van der Waals surface area contributed by atoms with Gasteiger partial charge in [-0.3, -0.25) is 4.98 Å². The fourth-order valence-corrected chi connectivity index (χ4v) is 2.01. The Hall–Kier alpha value is -1.35. The topological polar surface area (TPSA) is 38.9 Å². The molecule has 1 aromatic heterocycles. The van der Waals surface area contributed by atoms with E-state index in [9.17, 15) is 4.39 Å². The van der Waals surface area contributed by atoms with Crippen LogP contribution in [0.4, 0.5) is 10.1 Å². The van der Waals surface area contributed by atoms with Crippen molar-refractivity contribution < 1.29 is 4.39 Å². The molecule has 0 atom stereocenters. The normalized spacial score (nSPS) is 12.1. The molecule has 0 saturated carbocycles. The van der Waals surface area contributed by atoms with Crippen LogP contribution in [0.3, 0.4) is 0 Å². The molecule has 4 heteroatoms. The van der Waals surface area contributed by atoms with Gasteiger partial charge in [-0.2, -0.15) is 0 Å². The van der Waals surface area contributed by atoms with E-state index in [1.165, 1.54) is 12.1 Å². The van der Waals surface area contributed by atoms with Crippen molar-refractivity contribution in [3.8, 4) is 0 Å². The monoisotopic (exact) mass is 252 g/mol. The maximum absolute atomic E-state index is 13.3. The molecule has 0 aliphatic rings. The highest BCUT2D eigenvalue weighted by Gasteiger charge is 2.18. The Morgan fingerprint density at radius 2 is 1.88 bits per heavy atom. The highest BCUT2D eigenvalue weighted by atomic mass is 35.5. The van der Waals surface area contributed by atoms with Crippen LogP contribution in [0, 0.1) is 5.82 Å². The number of anilines is 1. The largest absolute Gasteiger partial charge is 0.398 e. The van der Waals surface area contributed by atoms with Gasteiger partial charge in [-0.15, -0.1) is 0 Å². The van der Waals surface area contributed by atoms with E-state index < -0.39 is 5.82 Å². The Morgan fingerprint density at radius 3 is 2.47 bits per heavy atom. The predicted molar refractivity (Wildman–Crippen MR) is 69.8 cm³/mol. The fourth-order valence-electron chi connectivity index (χ4n) is 1.70. The van der Waals surface area contributed by atoms with Crippen LogP contribution in [0.5, 0.6) is 0 Å². The molecule has 0 bridgehead atoms. The molecule has 2 nitrogen and oxygen atoms in total. The van der Waals surface area contributed by atoms with Crippen molar-refractivity contribution in [3.63, 3.8) is 0 Å². The van der Waals surface area contributed by atoms with E-state index >= 15 is 0 Å². The number of rotatable bonds is 0. The molecular formula is C13H14ClFN2. The first kappa shape index (κ1) is 12.1. The molecule has 1 heterocycles. The van der Waals surface area contributed by atoms with Crippen molar-refractivity contribution in [2.24, 2.45) is 0 Å². The molecule has 17 heavy (non-hydrogen) atoms. The van der Waals surface area contributed by atoms with E-state index in [1.54, 1.807) is 6.07 Å². The van der Waals surface area contributed by atoms with Gasteiger partial charge in [0, 0.05) is 28.2 Å². The van der Waals surface area contributed by atoms with Crippen LogP contribution in [-0.2, 0) is 5.41 Å². The van der Waals surface area contributed by atoms with Gasteiger partial charge in [0.1, 0.15) is 5.82 Å². The van der Waals surface area contributed by atoms with Crippen LogP contribution < -0.4 is 5.73 Å². The molecule has 2 rings (SSSR count). The summed E-state index contributed by atoms with van der Waals surface area (Å²) in [6, 6.07) is 4.40. The second kappa shape index (κ2) is 3.84. The van der Waals surface area contributed by atoms with Crippen molar-refractivity contribution in [3.05, 3.63) is 34.7 Å². The lowest BCUT2D eigenvalue weighted by atomic mass is 9.91. The van der Waals surface area contributed by atoms with Crippen molar-refractivity contribution in [1.82, 2.24) is 4.98 Å². The summed E-state index contributed by atoms with van der Waals surface area (Å²) >= 11 is 5.97. The molecule has 0 radical (unpaired) electrons. The zero-order valence-corrected chi connectivity index (χ0v) is 10.8. The second-order valence-electron chi connectivity index (χ2n) is 5.13. The number of hydrogen-bond acceptors (Lipinski definition) is 2. The first-order chi connectivity index (χ1) is 7.79. The van der Waals surface area contributed by atoms with E-state index in [0.717, 1.165) is 5.69 Å². The van der Waals surface area contributed by atoms with Crippen molar-refractivity contribution >= 4 is 28.2 Å². The van der Waals surface area contributed by atoms with Crippen molar-refractivity contribution in [2.75, 3.05) is 5.73 Å². The SMILES string of the molecule is CC(C)(C)c1cc(N)c2c(Cl)cc(F)cc2n1. The maximum Gasteiger partial charge on any atom is 0.126 e. The Balaban J connectivity index is 2.82. The molecule has 0 saturated heterocycles. The molecule has 0 spiro atoms. The summed E-state index contributed by atoms with van der Waals surface area (Å²) in [5.41, 5.74) is 7.68. The summed E-state index contributed by atoms with van der Waals surface area (Å²) in [6.45, 7) is 6.09. The minimum Gasteiger partial charge on any atom is -0.398 e. The average molecular weight is 253 g/mol. The number of aromatic nitrogens is 1. The Labute approximate surface area is 105 Å². The molecule has 1 aromatic carbocycles. The van der Waals surface area contributed by atoms with Gasteiger partial charge in [-0.05, 0) is 12.1 Å². The third-order valence-corrected chi connectivity index (χ3v) is 2.92. The molecule has 0 aliphatic heterocycles. The molecule has 0 fully saturated rings. The number of benzene rings is 1. The van der Waals surface area contributed by atoms with E-state index in [-0.39, 0.29) is 5.41 Å². The zero-order chi connectivity index (χ0) is 12.8. The van der Waals surface area contributed by atoms with Gasteiger partial charge in [0.15, 0.2) is 0 Å². The van der Waals surface area contributed by atoms with Gasteiger partial charge in [0.05, 0.1) is 10.5 Å². The van der Waals surface area contributed by atoms with Gasteiger partial charge >= 0.3 is 0 Å². The Kier molecular flexibility index (Phi) is 2.74. The Bertz CT molecular complexity index is 588. The lowest BCUT2D eigenvalue weighted by Gasteiger charge is -2.19. The lowest BCUT2D eigenvalue weighted by Crippen LogP contribution is -2.14. The summed E-state index contributed by atoms with van der Waals surface area (Å²) < 4.78 is 13.3. The predicted octanol–water partition coefficient (Wildman–Crippen LogP) is 3.91. The number of nitrogens with two attached hydrogens (primary N) is 1. The van der Waals surface area contributed by atoms with Gasteiger partial charge < -0.3 is 5.73 Å². The number of hydrogen-bond donors (Lipinski definition) is 1. The zero-order valence-electron chi connectivity index (χ0n) is 10.0. The van der Waals surface area contributed by atoms with E-state index in [0.29, 0.717) is 21.6 Å². The van der Waals surface area contributed by atoms with Gasteiger partial charge in [0.2, 0.25) is 0 Å². The highest BCUT2D eigenvalue weighted by Crippen LogP contribution is 2.32. The fraction of sp³-hybridized carbons (Fsp3) is 0.308. The van der Waals surface area contributed by atoms with Crippen LogP contribution >= 0.6 is 11.6 Å². The smallest absolute Gasteiger partial charge is 0.126 e. The van der Waals surface area contributed by atoms with Crippen molar-refractivity contribution in [1.29, 1.82) is 0 Å². The summed E-state index contributed by atoms with van der Waals surface area (Å²) in [4.78, 5) is 4.42. The van der Waals surface area contributed by atoms with E-state index in [4.69, 9.17) is 17.3 Å². The van der Waals surface area contributed by atoms with Crippen LogP contribution in [0.25, 0.3) is 10.9 Å². The minimum atomic E-state index is -0.402. The first-order valence-electron chi connectivity index (χ1n) is 5.35. The van der Waals surface area contributed by atoms with Crippen LogP contribution in [0.2, 0.25) is 5.02 Å². The summed E-state index contributed by atoms with van der Waals surface area (Å²) in [5, 5.41) is 0.909.